The number of amides is 2. The molecule has 1 spiro atoms. The first-order valence-electron chi connectivity index (χ1n) is 14.1. The summed E-state index contributed by atoms with van der Waals surface area (Å²) in [6, 6.07) is 22.6. The number of carbonyl (C=O) groups excluding carboxylic acids is 2. The van der Waals surface area contributed by atoms with Crippen molar-refractivity contribution in [1.29, 1.82) is 0 Å². The van der Waals surface area contributed by atoms with Crippen LogP contribution in [0.2, 0.25) is 5.02 Å². The number of hydrogen-bond donors (Lipinski definition) is 0. The molecule has 3 aliphatic rings. The van der Waals surface area contributed by atoms with Crippen LogP contribution in [0.15, 0.2) is 72.8 Å². The fraction of sp³-hybridized carbons (Fsp3) is 0.394. The van der Waals surface area contributed by atoms with Gasteiger partial charge in [0.1, 0.15) is 5.82 Å². The SMILES string of the molecule is CC(=O)N1CC2(CCN(C[C@@H]3C[C@@]3(C(=O)N(C)Cc3ccccc3)c3ccc(Cl)cc3)CC2)c2cc(F)ccc21. The van der Waals surface area contributed by atoms with Crippen LogP contribution in [0.25, 0.3) is 0 Å². The zero-order valence-electron chi connectivity index (χ0n) is 23.1. The number of hydrogen-bond acceptors (Lipinski definition) is 3. The number of fused-ring (bicyclic) bond motifs is 2. The predicted octanol–water partition coefficient (Wildman–Crippen LogP) is 5.80. The molecule has 6 rings (SSSR count). The molecule has 2 atom stereocenters. The lowest BCUT2D eigenvalue weighted by Crippen LogP contribution is -2.47. The Morgan fingerprint density at radius 3 is 2.40 bits per heavy atom. The fourth-order valence-electron chi connectivity index (χ4n) is 7.13. The van der Waals surface area contributed by atoms with Crippen LogP contribution in [0.5, 0.6) is 0 Å². The summed E-state index contributed by atoms with van der Waals surface area (Å²) in [6.45, 7) is 5.28. The molecule has 1 aliphatic carbocycles. The topological polar surface area (TPSA) is 43.9 Å². The van der Waals surface area contributed by atoms with E-state index >= 15 is 0 Å². The van der Waals surface area contributed by atoms with Gasteiger partial charge in [-0.1, -0.05) is 54.1 Å². The second-order valence-corrected chi connectivity index (χ2v) is 12.3. The molecule has 5 nitrogen and oxygen atoms in total. The van der Waals surface area contributed by atoms with Gasteiger partial charge in [0.15, 0.2) is 0 Å². The minimum atomic E-state index is -0.558. The van der Waals surface area contributed by atoms with Gasteiger partial charge in [-0.25, -0.2) is 4.39 Å². The maximum absolute atomic E-state index is 14.3. The largest absolute Gasteiger partial charge is 0.341 e. The van der Waals surface area contributed by atoms with E-state index in [0.717, 1.165) is 61.3 Å². The first kappa shape index (κ1) is 27.0. The third-order valence-electron chi connectivity index (χ3n) is 9.41. The van der Waals surface area contributed by atoms with Gasteiger partial charge < -0.3 is 14.7 Å². The molecular weight excluding hydrogens is 525 g/mol. The number of piperidine rings is 1. The quantitative estimate of drug-likeness (QED) is 0.384. The molecule has 7 heteroatoms. The molecule has 0 unspecified atom stereocenters. The third-order valence-corrected chi connectivity index (χ3v) is 9.66. The summed E-state index contributed by atoms with van der Waals surface area (Å²) in [5.41, 5.74) is 3.16. The van der Waals surface area contributed by atoms with Crippen LogP contribution in [0.1, 0.15) is 42.9 Å². The van der Waals surface area contributed by atoms with Crippen LogP contribution >= 0.6 is 11.6 Å². The van der Waals surface area contributed by atoms with Crippen molar-refractivity contribution in [2.45, 2.75) is 43.6 Å². The van der Waals surface area contributed by atoms with Gasteiger partial charge in [0.25, 0.3) is 0 Å². The molecule has 1 saturated carbocycles. The van der Waals surface area contributed by atoms with E-state index in [4.69, 9.17) is 11.6 Å². The standard InChI is InChI=1S/C33H35ClFN3O2/c1-23(39)38-22-32(29-18-28(35)12-13-30(29)38)14-16-37(17-15-32)21-26-19-33(26,25-8-10-27(34)11-9-25)31(40)36(2)20-24-6-4-3-5-7-24/h3-13,18,26H,14-17,19-22H2,1-2H3/t26-,33+/m0/s1. The molecule has 1 saturated heterocycles. The van der Waals surface area contributed by atoms with Gasteiger partial charge in [-0.15, -0.1) is 0 Å². The highest BCUT2D eigenvalue weighted by atomic mass is 35.5. The molecule has 2 aliphatic heterocycles. The molecule has 208 valence electrons. The molecule has 2 amide bonds. The highest BCUT2D eigenvalue weighted by molar-refractivity contribution is 6.30. The molecule has 2 heterocycles. The van der Waals surface area contributed by atoms with E-state index in [9.17, 15) is 14.0 Å². The average Bonchev–Trinajstić information content (AvgIpc) is 3.59. The normalized spacial score (nSPS) is 23.2. The van der Waals surface area contributed by atoms with Crippen molar-refractivity contribution >= 4 is 29.1 Å². The summed E-state index contributed by atoms with van der Waals surface area (Å²) in [5.74, 6) is 0.0933. The van der Waals surface area contributed by atoms with Crippen LogP contribution in [0.4, 0.5) is 10.1 Å². The van der Waals surface area contributed by atoms with Gasteiger partial charge in [-0.2, -0.15) is 0 Å². The second kappa shape index (κ2) is 10.3. The molecule has 3 aromatic rings. The predicted molar refractivity (Wildman–Crippen MR) is 156 cm³/mol. The molecule has 0 aromatic heterocycles. The monoisotopic (exact) mass is 559 g/mol. The maximum Gasteiger partial charge on any atom is 0.233 e. The van der Waals surface area contributed by atoms with Crippen LogP contribution in [-0.4, -0.2) is 54.8 Å². The van der Waals surface area contributed by atoms with Gasteiger partial charge in [-0.05, 0) is 85.3 Å². The lowest BCUT2D eigenvalue weighted by atomic mass is 9.74. The highest BCUT2D eigenvalue weighted by Gasteiger charge is 2.62. The zero-order valence-corrected chi connectivity index (χ0v) is 23.8. The number of rotatable bonds is 6. The van der Waals surface area contributed by atoms with Gasteiger partial charge >= 0.3 is 0 Å². The maximum atomic E-state index is 14.3. The number of benzene rings is 3. The first-order chi connectivity index (χ1) is 19.2. The van der Waals surface area contributed by atoms with Crippen molar-refractivity contribution in [2.75, 3.05) is 38.1 Å². The van der Waals surface area contributed by atoms with Crippen LogP contribution in [0.3, 0.4) is 0 Å². The van der Waals surface area contributed by atoms with Gasteiger partial charge in [0.2, 0.25) is 11.8 Å². The van der Waals surface area contributed by atoms with E-state index < -0.39 is 5.41 Å². The van der Waals surface area contributed by atoms with Crippen molar-refractivity contribution < 1.29 is 14.0 Å². The first-order valence-corrected chi connectivity index (χ1v) is 14.5. The van der Waals surface area contributed by atoms with E-state index in [1.807, 2.05) is 66.5 Å². The number of halogens is 2. The summed E-state index contributed by atoms with van der Waals surface area (Å²) < 4.78 is 14.3. The lowest BCUT2D eigenvalue weighted by Gasteiger charge is -2.40. The Morgan fingerprint density at radius 2 is 1.73 bits per heavy atom. The van der Waals surface area contributed by atoms with E-state index in [-0.39, 0.29) is 29.0 Å². The van der Waals surface area contributed by atoms with Gasteiger partial charge in [0.05, 0.1) is 5.41 Å². The van der Waals surface area contributed by atoms with Crippen LogP contribution < -0.4 is 4.90 Å². The molecule has 2 fully saturated rings. The summed E-state index contributed by atoms with van der Waals surface area (Å²) in [5, 5.41) is 0.662. The van der Waals surface area contributed by atoms with Crippen molar-refractivity contribution in [3.05, 3.63) is 100 Å². The molecule has 40 heavy (non-hydrogen) atoms. The van der Waals surface area contributed by atoms with Crippen molar-refractivity contribution in [3.8, 4) is 0 Å². The average molecular weight is 560 g/mol. The van der Waals surface area contributed by atoms with Gasteiger partial charge in [-0.3, -0.25) is 9.59 Å². The highest BCUT2D eigenvalue weighted by Crippen LogP contribution is 2.56. The van der Waals surface area contributed by atoms with E-state index in [2.05, 4.69) is 4.90 Å². The molecular formula is C33H35ClFN3O2. The minimum Gasteiger partial charge on any atom is -0.341 e. The molecule has 3 aromatic carbocycles. The number of likely N-dealkylation sites (tertiary alicyclic amines) is 1. The summed E-state index contributed by atoms with van der Waals surface area (Å²) in [4.78, 5) is 32.5. The molecule has 0 bridgehead atoms. The zero-order chi connectivity index (χ0) is 28.1. The second-order valence-electron chi connectivity index (χ2n) is 11.9. The number of anilines is 1. The molecule has 0 N–H and O–H groups in total. The summed E-state index contributed by atoms with van der Waals surface area (Å²) in [6.07, 6.45) is 2.52. The Bertz CT molecular complexity index is 1420. The van der Waals surface area contributed by atoms with E-state index in [1.165, 1.54) is 6.07 Å². The number of likely N-dealkylation sites (N-methyl/N-ethyl adjacent to an activating group) is 1. The smallest absolute Gasteiger partial charge is 0.233 e. The Hall–Kier alpha value is -3.22. The number of nitrogens with zero attached hydrogens (tertiary/aromatic N) is 3. The third kappa shape index (κ3) is 4.71. The summed E-state index contributed by atoms with van der Waals surface area (Å²) >= 11 is 6.21. The Morgan fingerprint density at radius 1 is 1.02 bits per heavy atom. The van der Waals surface area contributed by atoms with Crippen LogP contribution in [0, 0.1) is 11.7 Å². The van der Waals surface area contributed by atoms with Crippen molar-refractivity contribution in [1.82, 2.24) is 9.80 Å². The van der Waals surface area contributed by atoms with Crippen molar-refractivity contribution in [2.24, 2.45) is 5.92 Å². The Kier molecular flexibility index (Phi) is 6.96. The Labute approximate surface area is 240 Å². The summed E-state index contributed by atoms with van der Waals surface area (Å²) in [7, 11) is 1.89. The fourth-order valence-corrected chi connectivity index (χ4v) is 7.26. The molecule has 0 radical (unpaired) electrons. The van der Waals surface area contributed by atoms with E-state index in [1.54, 1.807) is 24.0 Å². The lowest BCUT2D eigenvalue weighted by molar-refractivity contribution is -0.133. The number of carbonyl (C=O) groups is 2. The van der Waals surface area contributed by atoms with Crippen molar-refractivity contribution in [3.63, 3.8) is 0 Å². The van der Waals surface area contributed by atoms with E-state index in [0.29, 0.717) is 18.1 Å². The van der Waals surface area contributed by atoms with Crippen LogP contribution in [-0.2, 0) is 27.0 Å². The van der Waals surface area contributed by atoms with Gasteiger partial charge in [0, 0.05) is 49.7 Å². The minimum absolute atomic E-state index is 0.00368. The Balaban J connectivity index is 1.18.